The molecule has 3 amide bonds. The van der Waals surface area contributed by atoms with Gasteiger partial charge in [-0.3, -0.25) is 19.2 Å². The van der Waals surface area contributed by atoms with E-state index in [-0.39, 0.29) is 37.9 Å². The summed E-state index contributed by atoms with van der Waals surface area (Å²) in [6.45, 7) is 0. The van der Waals surface area contributed by atoms with E-state index >= 15 is 0 Å². The van der Waals surface area contributed by atoms with E-state index in [1.807, 2.05) is 0 Å². The minimum Gasteiger partial charge on any atom is -0.508 e. The van der Waals surface area contributed by atoms with E-state index in [1.165, 1.54) is 36.8 Å². The summed E-state index contributed by atoms with van der Waals surface area (Å²) < 4.78 is 0. The Balaban J connectivity index is 1.80. The van der Waals surface area contributed by atoms with Gasteiger partial charge in [-0.15, -0.1) is 0 Å². The fourth-order valence-electron chi connectivity index (χ4n) is 4.19. The number of aromatic nitrogens is 2. The van der Waals surface area contributed by atoms with Crippen molar-refractivity contribution < 1.29 is 39.3 Å². The first-order valence-electron chi connectivity index (χ1n) is 13.4. The number of hydrogen-bond donors (Lipinski definition) is 8. The van der Waals surface area contributed by atoms with Gasteiger partial charge in [0.15, 0.2) is 0 Å². The molecule has 4 unspecified atom stereocenters. The first kappa shape index (κ1) is 32.3. The van der Waals surface area contributed by atoms with E-state index < -0.39 is 53.8 Å². The van der Waals surface area contributed by atoms with Crippen LogP contribution in [0.3, 0.4) is 0 Å². The fourth-order valence-corrected chi connectivity index (χ4v) is 4.19. The highest BCUT2D eigenvalue weighted by atomic mass is 16.4. The number of benzene rings is 2. The van der Waals surface area contributed by atoms with Crippen LogP contribution in [-0.2, 0) is 43.2 Å². The van der Waals surface area contributed by atoms with Crippen molar-refractivity contribution in [3.8, 4) is 5.75 Å². The number of rotatable bonds is 16. The maximum absolute atomic E-state index is 13.6. The fraction of sp³-hybridized carbons (Fsp3) is 0.310. The summed E-state index contributed by atoms with van der Waals surface area (Å²) >= 11 is 0. The van der Waals surface area contributed by atoms with Crippen molar-refractivity contribution in [2.45, 2.75) is 56.3 Å². The first-order chi connectivity index (χ1) is 20.5. The molecule has 2 aromatic carbocycles. The van der Waals surface area contributed by atoms with Gasteiger partial charge < -0.3 is 42.0 Å². The van der Waals surface area contributed by atoms with Crippen molar-refractivity contribution in [2.75, 3.05) is 0 Å². The molecule has 0 radical (unpaired) electrons. The van der Waals surface area contributed by atoms with Crippen LogP contribution in [0.15, 0.2) is 67.1 Å². The van der Waals surface area contributed by atoms with Crippen LogP contribution in [0.5, 0.6) is 5.75 Å². The monoisotopic (exact) mass is 594 g/mol. The zero-order chi connectivity index (χ0) is 31.4. The molecule has 14 nitrogen and oxygen atoms in total. The maximum atomic E-state index is 13.6. The molecule has 0 aliphatic heterocycles. The highest BCUT2D eigenvalue weighted by Crippen LogP contribution is 2.12. The van der Waals surface area contributed by atoms with Gasteiger partial charge in [0.25, 0.3) is 0 Å². The van der Waals surface area contributed by atoms with E-state index in [0.717, 1.165) is 0 Å². The Hall–Kier alpha value is -5.24. The van der Waals surface area contributed by atoms with Crippen LogP contribution in [0.25, 0.3) is 0 Å². The summed E-state index contributed by atoms with van der Waals surface area (Å²) in [5.74, 6) is -4.71. The third kappa shape index (κ3) is 10.6. The van der Waals surface area contributed by atoms with Gasteiger partial charge >= 0.3 is 11.9 Å². The Labute approximate surface area is 246 Å². The highest BCUT2D eigenvalue weighted by molar-refractivity contribution is 5.94. The number of aromatic hydroxyl groups is 1. The third-order valence-electron chi connectivity index (χ3n) is 6.52. The number of nitrogens with one attached hydrogen (secondary N) is 4. The zero-order valence-electron chi connectivity index (χ0n) is 23.1. The van der Waals surface area contributed by atoms with Crippen LogP contribution in [0.2, 0.25) is 0 Å². The Bertz CT molecular complexity index is 1380. The van der Waals surface area contributed by atoms with Gasteiger partial charge in [-0.2, -0.15) is 0 Å². The molecule has 4 atom stereocenters. The number of phenolic OH excluding ortho intramolecular Hbond substituents is 1. The lowest BCUT2D eigenvalue weighted by molar-refractivity contribution is -0.142. The summed E-state index contributed by atoms with van der Waals surface area (Å²) in [5.41, 5.74) is 7.56. The molecule has 0 spiro atoms. The van der Waals surface area contributed by atoms with Crippen molar-refractivity contribution >= 4 is 29.7 Å². The molecule has 0 fully saturated rings. The second kappa shape index (κ2) is 15.7. The molecule has 0 bridgehead atoms. The van der Waals surface area contributed by atoms with Gasteiger partial charge in [-0.25, -0.2) is 9.78 Å². The number of aliphatic carboxylic acids is 2. The molecule has 1 aromatic heterocycles. The summed E-state index contributed by atoms with van der Waals surface area (Å²) in [6.07, 6.45) is 2.20. The van der Waals surface area contributed by atoms with Gasteiger partial charge in [0.2, 0.25) is 17.7 Å². The molecule has 9 N–H and O–H groups in total. The summed E-state index contributed by atoms with van der Waals surface area (Å²) in [6, 6.07) is 9.59. The molecule has 1 heterocycles. The SMILES string of the molecule is NC(CCC(=O)O)C(=O)NC(Cc1ccccc1)C(=O)NC(Cc1cnc[nH]1)C(=O)NC(Cc1ccc(O)cc1)C(=O)O. The number of amides is 3. The molecule has 0 aliphatic carbocycles. The number of carbonyl (C=O) groups is 5. The molecule has 228 valence electrons. The van der Waals surface area contributed by atoms with E-state index in [0.29, 0.717) is 16.8 Å². The Kier molecular flexibility index (Phi) is 11.8. The van der Waals surface area contributed by atoms with E-state index in [2.05, 4.69) is 25.9 Å². The molecule has 0 saturated carbocycles. The van der Waals surface area contributed by atoms with E-state index in [9.17, 15) is 34.2 Å². The third-order valence-corrected chi connectivity index (χ3v) is 6.52. The lowest BCUT2D eigenvalue weighted by Crippen LogP contribution is -2.58. The standard InChI is InChI=1S/C29H34N6O8/c30-21(10-11-25(37)38)26(39)33-22(12-17-4-2-1-3-5-17)27(40)34-23(14-19-15-31-16-32-19)28(41)35-24(29(42)43)13-18-6-8-20(36)9-7-18/h1-9,15-16,21-24,36H,10-14,30H2,(H,31,32)(H,33,39)(H,34,40)(H,35,41)(H,37,38)(H,42,43). The van der Waals surface area contributed by atoms with Crippen LogP contribution >= 0.6 is 0 Å². The van der Waals surface area contributed by atoms with Gasteiger partial charge in [0.1, 0.15) is 23.9 Å². The lowest BCUT2D eigenvalue weighted by atomic mass is 10.0. The number of aromatic amines is 1. The van der Waals surface area contributed by atoms with Gasteiger partial charge in [-0.1, -0.05) is 42.5 Å². The van der Waals surface area contributed by atoms with Crippen LogP contribution in [-0.4, -0.2) is 79.1 Å². The molecular weight excluding hydrogens is 560 g/mol. The molecule has 3 rings (SSSR count). The quantitative estimate of drug-likeness (QED) is 0.109. The Morgan fingerprint density at radius 2 is 1.33 bits per heavy atom. The van der Waals surface area contributed by atoms with Gasteiger partial charge in [-0.05, 0) is 29.7 Å². The van der Waals surface area contributed by atoms with Crippen LogP contribution in [0.4, 0.5) is 0 Å². The van der Waals surface area contributed by atoms with Crippen molar-refractivity contribution in [1.29, 1.82) is 0 Å². The smallest absolute Gasteiger partial charge is 0.326 e. The van der Waals surface area contributed by atoms with Crippen molar-refractivity contribution in [1.82, 2.24) is 25.9 Å². The first-order valence-corrected chi connectivity index (χ1v) is 13.4. The van der Waals surface area contributed by atoms with Crippen LogP contribution in [0.1, 0.15) is 29.7 Å². The lowest BCUT2D eigenvalue weighted by Gasteiger charge is -2.25. The number of carboxylic acid groups (broad SMARTS) is 2. The summed E-state index contributed by atoms with van der Waals surface area (Å²) in [7, 11) is 0. The average molecular weight is 595 g/mol. The number of phenols is 1. The van der Waals surface area contributed by atoms with Crippen LogP contribution in [0, 0.1) is 0 Å². The Morgan fingerprint density at radius 3 is 1.91 bits per heavy atom. The normalized spacial score (nSPS) is 13.6. The minimum atomic E-state index is -1.36. The predicted molar refractivity (Wildman–Crippen MR) is 153 cm³/mol. The topological polar surface area (TPSA) is 237 Å². The predicted octanol–water partition coefficient (Wildman–Crippen LogP) is -0.126. The zero-order valence-corrected chi connectivity index (χ0v) is 23.1. The highest BCUT2D eigenvalue weighted by Gasteiger charge is 2.31. The number of carboxylic acids is 2. The average Bonchev–Trinajstić information content (AvgIpc) is 3.49. The second-order valence-corrected chi connectivity index (χ2v) is 9.90. The van der Waals surface area contributed by atoms with Crippen molar-refractivity contribution in [2.24, 2.45) is 5.73 Å². The number of nitrogens with two attached hydrogens (primary N) is 1. The van der Waals surface area contributed by atoms with Crippen molar-refractivity contribution in [3.05, 3.63) is 83.9 Å². The number of imidazole rings is 1. The van der Waals surface area contributed by atoms with E-state index in [1.54, 1.807) is 30.3 Å². The number of H-pyrrole nitrogens is 1. The molecule has 0 saturated heterocycles. The van der Waals surface area contributed by atoms with E-state index in [4.69, 9.17) is 10.8 Å². The molecule has 3 aromatic rings. The van der Waals surface area contributed by atoms with Gasteiger partial charge in [0, 0.05) is 37.6 Å². The van der Waals surface area contributed by atoms with Gasteiger partial charge in [0.05, 0.1) is 12.4 Å². The Morgan fingerprint density at radius 1 is 0.767 bits per heavy atom. The molecule has 14 heteroatoms. The number of carbonyl (C=O) groups excluding carboxylic acids is 3. The maximum Gasteiger partial charge on any atom is 0.326 e. The largest absolute Gasteiger partial charge is 0.508 e. The van der Waals surface area contributed by atoms with Crippen LogP contribution < -0.4 is 21.7 Å². The number of nitrogens with zero attached hydrogens (tertiary/aromatic N) is 1. The minimum absolute atomic E-state index is 0.00184. The molecular formula is C29H34N6O8. The second-order valence-electron chi connectivity index (χ2n) is 9.90. The summed E-state index contributed by atoms with van der Waals surface area (Å²) in [5, 5.41) is 35.8. The number of hydrogen-bond acceptors (Lipinski definition) is 8. The molecule has 0 aliphatic rings. The summed E-state index contributed by atoms with van der Waals surface area (Å²) in [4.78, 5) is 69.4. The molecule has 43 heavy (non-hydrogen) atoms. The van der Waals surface area contributed by atoms with Crippen molar-refractivity contribution in [3.63, 3.8) is 0 Å².